The van der Waals surface area contributed by atoms with Crippen LogP contribution in [0, 0.1) is 0 Å². The first kappa shape index (κ1) is 10.5. The fraction of sp³-hybridized carbons (Fsp3) is 1.00. The van der Waals surface area contributed by atoms with Crippen molar-refractivity contribution in [3.8, 4) is 0 Å². The van der Waals surface area contributed by atoms with Gasteiger partial charge in [-0.3, -0.25) is 0 Å². The molecule has 0 amide bonds. The summed E-state index contributed by atoms with van der Waals surface area (Å²) in [6.45, 7) is 0. The maximum Gasteiger partial charge on any atom is 0.0731 e. The summed E-state index contributed by atoms with van der Waals surface area (Å²) in [6.07, 6.45) is 4.49. The number of fused-ring (bicyclic) bond motifs is 2. The van der Waals surface area contributed by atoms with Crippen LogP contribution in [0.15, 0.2) is 0 Å². The number of hydrogen-bond donors (Lipinski definition) is 1. The largest absolute Gasteiger partial charge is 0.373 e. The van der Waals surface area contributed by atoms with Crippen LogP contribution in [0.4, 0.5) is 0 Å². The molecule has 2 fully saturated rings. The Balaban J connectivity index is 0.000000405. The second-order valence-corrected chi connectivity index (χ2v) is 2.77. The van der Waals surface area contributed by atoms with E-state index in [4.69, 9.17) is 10.5 Å². The molecule has 4 heteroatoms. The summed E-state index contributed by atoms with van der Waals surface area (Å²) in [5.74, 6) is 0. The first-order chi connectivity index (χ1) is 3.86. The lowest BCUT2D eigenvalue weighted by atomic mass is 9.97. The smallest absolute Gasteiger partial charge is 0.0731 e. The van der Waals surface area contributed by atoms with Crippen molar-refractivity contribution in [3.63, 3.8) is 0 Å². The lowest BCUT2D eigenvalue weighted by Crippen LogP contribution is -2.30. The van der Waals surface area contributed by atoms with Gasteiger partial charge < -0.3 is 10.5 Å². The SMILES string of the molecule is Cl.Cl.NC1CC2CCC1O2. The highest BCUT2D eigenvalue weighted by atomic mass is 35.5. The van der Waals surface area contributed by atoms with E-state index < -0.39 is 0 Å². The maximum atomic E-state index is 5.69. The van der Waals surface area contributed by atoms with E-state index in [1.165, 1.54) is 12.8 Å². The van der Waals surface area contributed by atoms with Crippen LogP contribution in [-0.4, -0.2) is 18.2 Å². The minimum absolute atomic E-state index is 0. The van der Waals surface area contributed by atoms with Crippen LogP contribution in [0.1, 0.15) is 19.3 Å². The Morgan fingerprint density at radius 1 is 1.20 bits per heavy atom. The zero-order valence-electron chi connectivity index (χ0n) is 5.66. The third kappa shape index (κ3) is 1.56. The summed E-state index contributed by atoms with van der Waals surface area (Å²) < 4.78 is 5.46. The van der Waals surface area contributed by atoms with Gasteiger partial charge in [-0.2, -0.15) is 0 Å². The van der Waals surface area contributed by atoms with Crippen molar-refractivity contribution in [2.45, 2.75) is 37.5 Å². The van der Waals surface area contributed by atoms with Crippen molar-refractivity contribution in [1.29, 1.82) is 0 Å². The fourth-order valence-electron chi connectivity index (χ4n) is 1.68. The molecule has 0 aromatic heterocycles. The van der Waals surface area contributed by atoms with Crippen molar-refractivity contribution in [2.24, 2.45) is 5.73 Å². The molecular weight excluding hydrogens is 173 g/mol. The average molecular weight is 186 g/mol. The van der Waals surface area contributed by atoms with Crippen molar-refractivity contribution >= 4 is 24.8 Å². The van der Waals surface area contributed by atoms with Crippen LogP contribution in [0.2, 0.25) is 0 Å². The Kier molecular flexibility index (Phi) is 3.95. The van der Waals surface area contributed by atoms with Gasteiger partial charge in [-0.15, -0.1) is 24.8 Å². The van der Waals surface area contributed by atoms with Crippen molar-refractivity contribution in [3.05, 3.63) is 0 Å². The monoisotopic (exact) mass is 185 g/mol. The molecule has 10 heavy (non-hydrogen) atoms. The fourth-order valence-corrected chi connectivity index (χ4v) is 1.68. The summed E-state index contributed by atoms with van der Waals surface area (Å²) in [4.78, 5) is 0. The van der Waals surface area contributed by atoms with Gasteiger partial charge in [-0.05, 0) is 19.3 Å². The van der Waals surface area contributed by atoms with Crippen molar-refractivity contribution in [2.75, 3.05) is 0 Å². The van der Waals surface area contributed by atoms with Crippen LogP contribution < -0.4 is 5.73 Å². The van der Waals surface area contributed by atoms with Gasteiger partial charge in [0.15, 0.2) is 0 Å². The molecule has 2 N–H and O–H groups in total. The molecule has 2 saturated heterocycles. The minimum atomic E-state index is 0. The van der Waals surface area contributed by atoms with E-state index in [1.807, 2.05) is 0 Å². The summed E-state index contributed by atoms with van der Waals surface area (Å²) in [5.41, 5.74) is 5.69. The van der Waals surface area contributed by atoms with Crippen molar-refractivity contribution < 1.29 is 4.74 Å². The van der Waals surface area contributed by atoms with Crippen LogP contribution in [-0.2, 0) is 4.74 Å². The molecule has 2 aliphatic rings. The van der Waals surface area contributed by atoms with Gasteiger partial charge in [0.05, 0.1) is 12.2 Å². The molecular formula is C6H13Cl2NO. The molecule has 0 radical (unpaired) electrons. The number of hydrogen-bond acceptors (Lipinski definition) is 2. The van der Waals surface area contributed by atoms with Gasteiger partial charge >= 0.3 is 0 Å². The highest BCUT2D eigenvalue weighted by Crippen LogP contribution is 2.32. The van der Waals surface area contributed by atoms with E-state index in [1.54, 1.807) is 0 Å². The molecule has 2 bridgehead atoms. The maximum absolute atomic E-state index is 5.69. The normalized spacial score (nSPS) is 42.3. The summed E-state index contributed by atoms with van der Waals surface area (Å²) >= 11 is 0. The van der Waals surface area contributed by atoms with Crippen LogP contribution in [0.5, 0.6) is 0 Å². The number of rotatable bonds is 0. The molecule has 0 aromatic carbocycles. The lowest BCUT2D eigenvalue weighted by Gasteiger charge is -2.11. The highest BCUT2D eigenvalue weighted by molar-refractivity contribution is 5.85. The van der Waals surface area contributed by atoms with Gasteiger partial charge in [0.25, 0.3) is 0 Å². The second kappa shape index (κ2) is 3.77. The third-order valence-electron chi connectivity index (χ3n) is 2.15. The van der Waals surface area contributed by atoms with E-state index in [2.05, 4.69) is 0 Å². The summed E-state index contributed by atoms with van der Waals surface area (Å²) in [5, 5.41) is 0. The Morgan fingerprint density at radius 3 is 2.10 bits per heavy atom. The van der Waals surface area contributed by atoms with E-state index in [9.17, 15) is 0 Å². The molecule has 2 nitrogen and oxygen atoms in total. The number of ether oxygens (including phenoxy) is 1. The molecule has 2 aliphatic heterocycles. The van der Waals surface area contributed by atoms with E-state index in [0.717, 1.165) is 6.42 Å². The van der Waals surface area contributed by atoms with Gasteiger partial charge in [0.1, 0.15) is 0 Å². The van der Waals surface area contributed by atoms with E-state index in [-0.39, 0.29) is 24.8 Å². The van der Waals surface area contributed by atoms with E-state index >= 15 is 0 Å². The van der Waals surface area contributed by atoms with Crippen LogP contribution >= 0.6 is 24.8 Å². The van der Waals surface area contributed by atoms with Gasteiger partial charge in [-0.25, -0.2) is 0 Å². The molecule has 0 spiro atoms. The third-order valence-corrected chi connectivity index (χ3v) is 2.15. The van der Waals surface area contributed by atoms with Crippen LogP contribution in [0.3, 0.4) is 0 Å². The standard InChI is InChI=1S/C6H11NO.2ClH/c7-5-3-4-1-2-6(5)8-4;;/h4-6H,1-3,7H2;2*1H. The van der Waals surface area contributed by atoms with Gasteiger partial charge in [0, 0.05) is 6.04 Å². The summed E-state index contributed by atoms with van der Waals surface area (Å²) in [6, 6.07) is 0.355. The average Bonchev–Trinajstić information content (AvgIpc) is 2.23. The Hall–Kier alpha value is 0.500. The zero-order valence-corrected chi connectivity index (χ0v) is 7.29. The first-order valence-electron chi connectivity index (χ1n) is 3.27. The van der Waals surface area contributed by atoms with E-state index in [0.29, 0.717) is 18.2 Å². The molecule has 0 saturated carbocycles. The van der Waals surface area contributed by atoms with Crippen molar-refractivity contribution in [1.82, 2.24) is 0 Å². The molecule has 0 aromatic rings. The van der Waals surface area contributed by atoms with Gasteiger partial charge in [0.2, 0.25) is 0 Å². The molecule has 62 valence electrons. The number of halogens is 2. The predicted molar refractivity (Wildman–Crippen MR) is 45.0 cm³/mol. The highest BCUT2D eigenvalue weighted by Gasteiger charge is 2.38. The Labute approximate surface area is 73.3 Å². The van der Waals surface area contributed by atoms with Crippen LogP contribution in [0.25, 0.3) is 0 Å². The second-order valence-electron chi connectivity index (χ2n) is 2.77. The Morgan fingerprint density at radius 2 is 1.90 bits per heavy atom. The molecule has 2 heterocycles. The Bertz CT molecular complexity index is 110. The topological polar surface area (TPSA) is 35.2 Å². The lowest BCUT2D eigenvalue weighted by molar-refractivity contribution is 0.101. The molecule has 0 aliphatic carbocycles. The molecule has 3 unspecified atom stereocenters. The quantitative estimate of drug-likeness (QED) is 0.614. The van der Waals surface area contributed by atoms with Gasteiger partial charge in [-0.1, -0.05) is 0 Å². The minimum Gasteiger partial charge on any atom is -0.373 e. The zero-order chi connectivity index (χ0) is 5.56. The first-order valence-corrected chi connectivity index (χ1v) is 3.27. The number of nitrogens with two attached hydrogens (primary N) is 1. The molecule has 2 rings (SSSR count). The predicted octanol–water partition coefficient (Wildman–Crippen LogP) is 1.11. The summed E-state index contributed by atoms with van der Waals surface area (Å²) in [7, 11) is 0. The molecule has 3 atom stereocenters.